The Morgan fingerprint density at radius 2 is 1.78 bits per heavy atom. The summed E-state index contributed by atoms with van der Waals surface area (Å²) in [5.41, 5.74) is 3.24. The van der Waals surface area contributed by atoms with Gasteiger partial charge in [-0.15, -0.1) is 0 Å². The Balaban J connectivity index is 1.72. The number of hydrogen-bond acceptors (Lipinski definition) is 5. The summed E-state index contributed by atoms with van der Waals surface area (Å²) in [6, 6.07) is 10.3. The van der Waals surface area contributed by atoms with Crippen LogP contribution in [0, 0.1) is 29.9 Å². The lowest BCUT2D eigenvalue weighted by atomic mass is 9.98. The van der Waals surface area contributed by atoms with Gasteiger partial charge in [0.25, 0.3) is 11.6 Å². The zero-order chi connectivity index (χ0) is 23.4. The molecule has 0 radical (unpaired) electrons. The SMILES string of the molecule is Cc1cccc(C)c1NC(=O)CN(C)C(=O)c1ccc(N2CCC(C)CC2)c([N+](=O)[O-])c1. The van der Waals surface area contributed by atoms with Crippen LogP contribution in [0.5, 0.6) is 0 Å². The molecule has 0 aliphatic carbocycles. The molecule has 2 aromatic rings. The number of nitro groups is 1. The van der Waals surface area contributed by atoms with Crippen molar-refractivity contribution in [3.05, 3.63) is 63.2 Å². The minimum Gasteiger partial charge on any atom is -0.366 e. The number of benzene rings is 2. The van der Waals surface area contributed by atoms with E-state index in [4.69, 9.17) is 0 Å². The molecule has 170 valence electrons. The molecule has 1 saturated heterocycles. The summed E-state index contributed by atoms with van der Waals surface area (Å²) in [7, 11) is 1.51. The number of para-hydroxylation sites is 1. The maximum Gasteiger partial charge on any atom is 0.293 e. The van der Waals surface area contributed by atoms with Crippen molar-refractivity contribution in [2.45, 2.75) is 33.6 Å². The Labute approximate surface area is 188 Å². The fourth-order valence-electron chi connectivity index (χ4n) is 4.02. The van der Waals surface area contributed by atoms with Gasteiger partial charge in [0, 0.05) is 37.5 Å². The number of anilines is 2. The zero-order valence-electron chi connectivity index (χ0n) is 19.1. The van der Waals surface area contributed by atoms with Crippen LogP contribution in [0.1, 0.15) is 41.3 Å². The van der Waals surface area contributed by atoms with Crippen LogP contribution in [0.15, 0.2) is 36.4 Å². The number of aryl methyl sites for hydroxylation is 2. The Hall–Kier alpha value is -3.42. The normalized spacial score (nSPS) is 14.2. The number of hydrogen-bond donors (Lipinski definition) is 1. The molecule has 1 aliphatic heterocycles. The van der Waals surface area contributed by atoms with Crippen LogP contribution in [0.2, 0.25) is 0 Å². The Kier molecular flexibility index (Phi) is 7.12. The summed E-state index contributed by atoms with van der Waals surface area (Å²) in [6.07, 6.45) is 1.96. The molecule has 1 heterocycles. The number of likely N-dealkylation sites (N-methyl/N-ethyl adjacent to an activating group) is 1. The lowest BCUT2D eigenvalue weighted by molar-refractivity contribution is -0.384. The quantitative estimate of drug-likeness (QED) is 0.540. The molecule has 32 heavy (non-hydrogen) atoms. The largest absolute Gasteiger partial charge is 0.366 e. The van der Waals surface area contributed by atoms with Crippen molar-refractivity contribution >= 4 is 28.9 Å². The smallest absolute Gasteiger partial charge is 0.293 e. The molecule has 0 atom stereocenters. The van der Waals surface area contributed by atoms with E-state index >= 15 is 0 Å². The van der Waals surface area contributed by atoms with Gasteiger partial charge in [-0.2, -0.15) is 0 Å². The van der Waals surface area contributed by atoms with Crippen molar-refractivity contribution in [1.82, 2.24) is 4.90 Å². The molecule has 1 aliphatic rings. The van der Waals surface area contributed by atoms with Crippen LogP contribution in [-0.4, -0.2) is 48.3 Å². The van der Waals surface area contributed by atoms with E-state index in [0.29, 0.717) is 11.6 Å². The molecule has 1 N–H and O–H groups in total. The van der Waals surface area contributed by atoms with Crippen LogP contribution >= 0.6 is 0 Å². The molecule has 0 spiro atoms. The molecular formula is C24H30N4O4. The summed E-state index contributed by atoms with van der Waals surface area (Å²) in [5, 5.41) is 14.6. The fourth-order valence-corrected chi connectivity index (χ4v) is 4.02. The third-order valence-corrected chi connectivity index (χ3v) is 6.02. The fraction of sp³-hybridized carbons (Fsp3) is 0.417. The number of nitro benzene ring substituents is 1. The van der Waals surface area contributed by atoms with Crippen molar-refractivity contribution in [3.8, 4) is 0 Å². The highest BCUT2D eigenvalue weighted by Gasteiger charge is 2.26. The summed E-state index contributed by atoms with van der Waals surface area (Å²) < 4.78 is 0. The number of nitrogens with zero attached hydrogens (tertiary/aromatic N) is 3. The van der Waals surface area contributed by atoms with E-state index in [2.05, 4.69) is 12.2 Å². The van der Waals surface area contributed by atoms with Gasteiger partial charge in [0.15, 0.2) is 0 Å². The van der Waals surface area contributed by atoms with Crippen LogP contribution in [0.25, 0.3) is 0 Å². The molecule has 0 saturated carbocycles. The summed E-state index contributed by atoms with van der Waals surface area (Å²) in [4.78, 5) is 39.9. The number of nitrogens with one attached hydrogen (secondary N) is 1. The van der Waals surface area contributed by atoms with Crippen LogP contribution < -0.4 is 10.2 Å². The molecule has 1 fully saturated rings. The monoisotopic (exact) mass is 438 g/mol. The Bertz CT molecular complexity index is 1010. The molecule has 2 amide bonds. The van der Waals surface area contributed by atoms with E-state index in [1.165, 1.54) is 18.0 Å². The molecule has 0 unspecified atom stereocenters. The van der Waals surface area contributed by atoms with E-state index in [1.54, 1.807) is 12.1 Å². The molecule has 8 heteroatoms. The first-order valence-electron chi connectivity index (χ1n) is 10.8. The van der Waals surface area contributed by atoms with E-state index in [1.807, 2.05) is 36.9 Å². The maximum absolute atomic E-state index is 12.9. The van der Waals surface area contributed by atoms with E-state index in [0.717, 1.165) is 42.7 Å². The molecule has 3 rings (SSSR count). The second-order valence-electron chi connectivity index (χ2n) is 8.61. The molecule has 0 aromatic heterocycles. The minimum atomic E-state index is -0.447. The summed E-state index contributed by atoms with van der Waals surface area (Å²) in [5.74, 6) is -0.162. The van der Waals surface area contributed by atoms with Gasteiger partial charge in [-0.1, -0.05) is 25.1 Å². The number of piperidine rings is 1. The van der Waals surface area contributed by atoms with Crippen LogP contribution in [0.4, 0.5) is 17.1 Å². The highest BCUT2D eigenvalue weighted by Crippen LogP contribution is 2.32. The second-order valence-corrected chi connectivity index (χ2v) is 8.61. The Morgan fingerprint density at radius 3 is 2.38 bits per heavy atom. The Morgan fingerprint density at radius 1 is 1.16 bits per heavy atom. The van der Waals surface area contributed by atoms with Gasteiger partial charge in [0.1, 0.15) is 5.69 Å². The number of carbonyl (C=O) groups is 2. The zero-order valence-corrected chi connectivity index (χ0v) is 19.1. The molecule has 2 aromatic carbocycles. The highest BCUT2D eigenvalue weighted by molar-refractivity contribution is 6.00. The lowest BCUT2D eigenvalue weighted by Gasteiger charge is -2.31. The molecular weight excluding hydrogens is 408 g/mol. The third-order valence-electron chi connectivity index (χ3n) is 6.02. The van der Waals surface area contributed by atoms with Gasteiger partial charge in [-0.3, -0.25) is 19.7 Å². The predicted octanol–water partition coefficient (Wildman–Crippen LogP) is 4.16. The van der Waals surface area contributed by atoms with Gasteiger partial charge in [0.05, 0.1) is 11.5 Å². The van der Waals surface area contributed by atoms with E-state index in [-0.39, 0.29) is 23.7 Å². The van der Waals surface area contributed by atoms with Crippen molar-refractivity contribution < 1.29 is 14.5 Å². The van der Waals surface area contributed by atoms with Gasteiger partial charge in [0.2, 0.25) is 5.91 Å². The average molecular weight is 439 g/mol. The first kappa shape index (κ1) is 23.2. The van der Waals surface area contributed by atoms with Gasteiger partial charge >= 0.3 is 0 Å². The second kappa shape index (κ2) is 9.80. The van der Waals surface area contributed by atoms with Crippen LogP contribution in [0.3, 0.4) is 0 Å². The first-order chi connectivity index (χ1) is 15.2. The van der Waals surface area contributed by atoms with Crippen molar-refractivity contribution in [2.24, 2.45) is 5.92 Å². The lowest BCUT2D eigenvalue weighted by Crippen LogP contribution is -2.35. The van der Waals surface area contributed by atoms with Gasteiger partial charge in [-0.25, -0.2) is 0 Å². The first-order valence-corrected chi connectivity index (χ1v) is 10.8. The van der Waals surface area contributed by atoms with Crippen molar-refractivity contribution in [1.29, 1.82) is 0 Å². The topological polar surface area (TPSA) is 95.8 Å². The van der Waals surface area contributed by atoms with Gasteiger partial charge in [-0.05, 0) is 55.9 Å². The van der Waals surface area contributed by atoms with E-state index in [9.17, 15) is 19.7 Å². The van der Waals surface area contributed by atoms with Crippen molar-refractivity contribution in [2.75, 3.05) is 36.9 Å². The third kappa shape index (κ3) is 5.25. The number of carbonyl (C=O) groups excluding carboxylic acids is 2. The predicted molar refractivity (Wildman–Crippen MR) is 125 cm³/mol. The van der Waals surface area contributed by atoms with Crippen molar-refractivity contribution in [3.63, 3.8) is 0 Å². The maximum atomic E-state index is 12.9. The summed E-state index contributed by atoms with van der Waals surface area (Å²) >= 11 is 0. The highest BCUT2D eigenvalue weighted by atomic mass is 16.6. The van der Waals surface area contributed by atoms with Crippen LogP contribution in [-0.2, 0) is 4.79 Å². The average Bonchev–Trinajstić information content (AvgIpc) is 2.76. The number of rotatable bonds is 6. The molecule has 0 bridgehead atoms. The number of amides is 2. The molecule has 8 nitrogen and oxygen atoms in total. The summed E-state index contributed by atoms with van der Waals surface area (Å²) in [6.45, 7) is 7.34. The van der Waals surface area contributed by atoms with E-state index < -0.39 is 10.8 Å². The standard InChI is InChI=1S/C24H30N4O4/c1-16-10-12-27(13-11-16)20-9-8-19(14-21(20)28(31)32)24(30)26(4)15-22(29)25-23-17(2)6-5-7-18(23)3/h5-9,14,16H,10-13,15H2,1-4H3,(H,25,29). The van der Waals surface area contributed by atoms with Gasteiger partial charge < -0.3 is 15.1 Å². The minimum absolute atomic E-state index is 0.0845.